The minimum atomic E-state index is -0.468. The number of aliphatic hydroxyl groups is 1. The Morgan fingerprint density at radius 3 is 2.76 bits per heavy atom. The van der Waals surface area contributed by atoms with Crippen LogP contribution in [0, 0.1) is 12.7 Å². The standard InChI is InChI=1S/C14H16FNO/c1-10-3-4-14(15)7-13(10)9-16-6-5-12(8-16)11(2)17/h3-8,11,17H,9H2,1-2H3. The lowest BCUT2D eigenvalue weighted by Gasteiger charge is -2.07. The predicted molar refractivity (Wildman–Crippen MR) is 65.3 cm³/mol. The van der Waals surface area contributed by atoms with Gasteiger partial charge in [0.05, 0.1) is 6.10 Å². The fourth-order valence-electron chi connectivity index (χ4n) is 1.81. The van der Waals surface area contributed by atoms with Gasteiger partial charge in [0.2, 0.25) is 0 Å². The van der Waals surface area contributed by atoms with E-state index in [9.17, 15) is 9.50 Å². The van der Waals surface area contributed by atoms with E-state index in [1.165, 1.54) is 6.07 Å². The van der Waals surface area contributed by atoms with Crippen molar-refractivity contribution >= 4 is 0 Å². The summed E-state index contributed by atoms with van der Waals surface area (Å²) in [5.74, 6) is -0.214. The summed E-state index contributed by atoms with van der Waals surface area (Å²) in [6.45, 7) is 4.32. The lowest BCUT2D eigenvalue weighted by molar-refractivity contribution is 0.199. The van der Waals surface area contributed by atoms with Crippen LogP contribution in [0.2, 0.25) is 0 Å². The van der Waals surface area contributed by atoms with E-state index in [4.69, 9.17) is 0 Å². The number of aromatic nitrogens is 1. The van der Waals surface area contributed by atoms with Crippen LogP contribution >= 0.6 is 0 Å². The van der Waals surface area contributed by atoms with E-state index < -0.39 is 6.10 Å². The van der Waals surface area contributed by atoms with Gasteiger partial charge in [-0.05, 0) is 48.7 Å². The number of aryl methyl sites for hydroxylation is 1. The molecule has 0 saturated heterocycles. The molecular weight excluding hydrogens is 217 g/mol. The van der Waals surface area contributed by atoms with Crippen LogP contribution in [0.1, 0.15) is 29.7 Å². The van der Waals surface area contributed by atoms with Crippen LogP contribution in [0.15, 0.2) is 36.7 Å². The highest BCUT2D eigenvalue weighted by atomic mass is 19.1. The van der Waals surface area contributed by atoms with Crippen LogP contribution in [0.4, 0.5) is 4.39 Å². The molecule has 2 nitrogen and oxygen atoms in total. The fourth-order valence-corrected chi connectivity index (χ4v) is 1.81. The highest BCUT2D eigenvalue weighted by Crippen LogP contribution is 2.15. The molecule has 0 aliphatic carbocycles. The first-order valence-corrected chi connectivity index (χ1v) is 5.65. The molecule has 2 aromatic rings. The number of hydrogen-bond acceptors (Lipinski definition) is 1. The van der Waals surface area contributed by atoms with E-state index in [1.807, 2.05) is 30.0 Å². The highest BCUT2D eigenvalue weighted by molar-refractivity contribution is 5.27. The number of rotatable bonds is 3. The molecule has 1 atom stereocenters. The van der Waals surface area contributed by atoms with Crippen LogP contribution in [-0.2, 0) is 6.54 Å². The van der Waals surface area contributed by atoms with Crippen LogP contribution in [0.25, 0.3) is 0 Å². The van der Waals surface area contributed by atoms with E-state index in [-0.39, 0.29) is 5.82 Å². The van der Waals surface area contributed by atoms with Crippen molar-refractivity contribution in [3.05, 3.63) is 59.2 Å². The largest absolute Gasteiger partial charge is 0.389 e. The van der Waals surface area contributed by atoms with Gasteiger partial charge >= 0.3 is 0 Å². The maximum absolute atomic E-state index is 13.1. The smallest absolute Gasteiger partial charge is 0.123 e. The van der Waals surface area contributed by atoms with Gasteiger partial charge < -0.3 is 9.67 Å². The SMILES string of the molecule is Cc1ccc(F)cc1Cn1ccc(C(C)O)c1. The summed E-state index contributed by atoms with van der Waals surface area (Å²) in [6, 6.07) is 6.68. The van der Waals surface area contributed by atoms with Crippen molar-refractivity contribution in [1.29, 1.82) is 0 Å². The van der Waals surface area contributed by atoms with Gasteiger partial charge in [-0.3, -0.25) is 0 Å². The van der Waals surface area contributed by atoms with Gasteiger partial charge in [-0.1, -0.05) is 6.07 Å². The molecule has 90 valence electrons. The minimum Gasteiger partial charge on any atom is -0.389 e. The zero-order valence-electron chi connectivity index (χ0n) is 10.0. The number of aliphatic hydroxyl groups excluding tert-OH is 1. The van der Waals surface area contributed by atoms with Gasteiger partial charge in [0.15, 0.2) is 0 Å². The molecule has 0 aliphatic heterocycles. The van der Waals surface area contributed by atoms with Gasteiger partial charge in [0.1, 0.15) is 5.82 Å². The number of benzene rings is 1. The van der Waals surface area contributed by atoms with E-state index in [2.05, 4.69) is 0 Å². The first-order valence-electron chi connectivity index (χ1n) is 5.65. The summed E-state index contributed by atoms with van der Waals surface area (Å²) < 4.78 is 15.1. The minimum absolute atomic E-state index is 0.214. The Morgan fingerprint density at radius 1 is 1.35 bits per heavy atom. The number of halogens is 1. The second-order valence-corrected chi connectivity index (χ2v) is 4.36. The van der Waals surface area contributed by atoms with E-state index in [0.29, 0.717) is 6.54 Å². The second kappa shape index (κ2) is 4.72. The van der Waals surface area contributed by atoms with Crippen molar-refractivity contribution in [2.75, 3.05) is 0 Å². The van der Waals surface area contributed by atoms with E-state index in [1.54, 1.807) is 19.1 Å². The summed E-state index contributed by atoms with van der Waals surface area (Å²) in [5.41, 5.74) is 2.90. The lowest BCUT2D eigenvalue weighted by Crippen LogP contribution is -1.99. The van der Waals surface area contributed by atoms with Crippen LogP contribution < -0.4 is 0 Å². The molecule has 0 spiro atoms. The van der Waals surface area contributed by atoms with Crippen molar-refractivity contribution in [3.8, 4) is 0 Å². The average molecular weight is 233 g/mol. The molecule has 1 aromatic heterocycles. The Morgan fingerprint density at radius 2 is 2.12 bits per heavy atom. The molecule has 0 saturated carbocycles. The predicted octanol–water partition coefficient (Wildman–Crippen LogP) is 3.04. The molecule has 0 aliphatic rings. The summed E-state index contributed by atoms with van der Waals surface area (Å²) in [5, 5.41) is 9.43. The van der Waals surface area contributed by atoms with Crippen molar-refractivity contribution in [2.45, 2.75) is 26.5 Å². The van der Waals surface area contributed by atoms with Crippen molar-refractivity contribution in [1.82, 2.24) is 4.57 Å². The molecule has 1 heterocycles. The Balaban J connectivity index is 2.22. The molecule has 1 aromatic carbocycles. The zero-order valence-corrected chi connectivity index (χ0v) is 10.0. The molecule has 0 radical (unpaired) electrons. The molecule has 3 heteroatoms. The Kier molecular flexibility index (Phi) is 3.29. The third kappa shape index (κ3) is 2.74. The van der Waals surface area contributed by atoms with E-state index in [0.717, 1.165) is 16.7 Å². The molecule has 1 unspecified atom stereocenters. The topological polar surface area (TPSA) is 25.2 Å². The summed E-state index contributed by atoms with van der Waals surface area (Å²) in [6.07, 6.45) is 3.31. The first-order chi connectivity index (χ1) is 8.06. The van der Waals surface area contributed by atoms with Crippen molar-refractivity contribution in [3.63, 3.8) is 0 Å². The summed E-state index contributed by atoms with van der Waals surface area (Å²) in [7, 11) is 0. The summed E-state index contributed by atoms with van der Waals surface area (Å²) >= 11 is 0. The number of nitrogens with zero attached hydrogens (tertiary/aromatic N) is 1. The molecule has 0 fully saturated rings. The molecule has 1 N–H and O–H groups in total. The van der Waals surface area contributed by atoms with Crippen LogP contribution in [-0.4, -0.2) is 9.67 Å². The van der Waals surface area contributed by atoms with Gasteiger partial charge in [-0.15, -0.1) is 0 Å². The molecule has 17 heavy (non-hydrogen) atoms. The van der Waals surface area contributed by atoms with Gasteiger partial charge in [0.25, 0.3) is 0 Å². The van der Waals surface area contributed by atoms with E-state index >= 15 is 0 Å². The van der Waals surface area contributed by atoms with Crippen molar-refractivity contribution in [2.24, 2.45) is 0 Å². The second-order valence-electron chi connectivity index (χ2n) is 4.36. The quantitative estimate of drug-likeness (QED) is 0.866. The maximum atomic E-state index is 13.1. The third-order valence-corrected chi connectivity index (χ3v) is 2.92. The Bertz CT molecular complexity index is 517. The third-order valence-electron chi connectivity index (χ3n) is 2.92. The monoisotopic (exact) mass is 233 g/mol. The molecule has 0 bridgehead atoms. The van der Waals surface area contributed by atoms with Gasteiger partial charge in [0, 0.05) is 18.9 Å². The summed E-state index contributed by atoms with van der Waals surface area (Å²) in [4.78, 5) is 0. The van der Waals surface area contributed by atoms with Crippen LogP contribution in [0.3, 0.4) is 0 Å². The van der Waals surface area contributed by atoms with Crippen LogP contribution in [0.5, 0.6) is 0 Å². The Labute approximate surface area is 100 Å². The highest BCUT2D eigenvalue weighted by Gasteiger charge is 2.05. The average Bonchev–Trinajstić information content (AvgIpc) is 2.72. The first kappa shape index (κ1) is 11.9. The van der Waals surface area contributed by atoms with Gasteiger partial charge in [-0.25, -0.2) is 4.39 Å². The molecular formula is C14H16FNO. The lowest BCUT2D eigenvalue weighted by atomic mass is 10.1. The maximum Gasteiger partial charge on any atom is 0.123 e. The van der Waals surface area contributed by atoms with Crippen molar-refractivity contribution < 1.29 is 9.50 Å². The fraction of sp³-hybridized carbons (Fsp3) is 0.286. The normalized spacial score (nSPS) is 12.7. The number of hydrogen-bond donors (Lipinski definition) is 1. The van der Waals surface area contributed by atoms with Gasteiger partial charge in [-0.2, -0.15) is 0 Å². The molecule has 0 amide bonds. The zero-order chi connectivity index (χ0) is 12.4. The molecule has 2 rings (SSSR count). The Hall–Kier alpha value is -1.61.